The minimum Gasteiger partial charge on any atom is -0.438 e. The lowest BCUT2D eigenvalue weighted by Gasteiger charge is -2.39. The number of ether oxygens (including phenoxy) is 1. The van der Waals surface area contributed by atoms with E-state index < -0.39 is 38.0 Å². The topological polar surface area (TPSA) is 146 Å². The number of phosphoric acid groups is 1. The van der Waals surface area contributed by atoms with E-state index >= 15 is 0 Å². The zero-order valence-electron chi connectivity index (χ0n) is 18.4. The number of hydrogen-bond donors (Lipinski definition) is 2. The van der Waals surface area contributed by atoms with Crippen LogP contribution in [0.25, 0.3) is 0 Å². The summed E-state index contributed by atoms with van der Waals surface area (Å²) in [5.74, 6) is -1.32. The van der Waals surface area contributed by atoms with E-state index in [-0.39, 0.29) is 36.5 Å². The fraction of sp³-hybridized carbons (Fsp3) is 0.778. The summed E-state index contributed by atoms with van der Waals surface area (Å²) in [6.45, 7) is 7.76. The summed E-state index contributed by atoms with van der Waals surface area (Å²) in [5.41, 5.74) is -0.817. The normalized spacial score (nSPS) is 22.6. The van der Waals surface area contributed by atoms with E-state index in [2.05, 4.69) is 10.6 Å². The Morgan fingerprint density at radius 1 is 1.19 bits per heavy atom. The lowest BCUT2D eigenvalue weighted by molar-refractivity contribution is -0.158. The van der Waals surface area contributed by atoms with Gasteiger partial charge in [0.15, 0.2) is 11.2 Å². The molecule has 0 aromatic heterocycles. The number of phosphoric ester groups is 1. The summed E-state index contributed by atoms with van der Waals surface area (Å²) in [6, 6.07) is 0. The molecular formula is C18H31N2O9PS. The smallest absolute Gasteiger partial charge is 0.438 e. The highest BCUT2D eigenvalue weighted by Crippen LogP contribution is 2.57. The molecule has 2 amide bonds. The molecule has 2 atom stereocenters. The SMILES string of the molecule is CC(=O)SCCNC(=O)CCNC(=O)[C@@H]1OP(=O)(OCOC(=O)C(C)C)OCC1(C)C. The highest BCUT2D eigenvalue weighted by Gasteiger charge is 2.49. The molecule has 31 heavy (non-hydrogen) atoms. The predicted octanol–water partition coefficient (Wildman–Crippen LogP) is 1.61. The molecule has 0 saturated carbocycles. The van der Waals surface area contributed by atoms with Crippen LogP contribution in [-0.4, -0.2) is 61.2 Å². The molecular weight excluding hydrogens is 451 g/mol. The van der Waals surface area contributed by atoms with Crippen molar-refractivity contribution in [2.24, 2.45) is 11.3 Å². The Balaban J connectivity index is 2.49. The van der Waals surface area contributed by atoms with Gasteiger partial charge < -0.3 is 15.4 Å². The van der Waals surface area contributed by atoms with Crippen molar-refractivity contribution >= 4 is 42.5 Å². The van der Waals surface area contributed by atoms with Crippen molar-refractivity contribution in [3.05, 3.63) is 0 Å². The minimum atomic E-state index is -4.11. The monoisotopic (exact) mass is 482 g/mol. The number of esters is 1. The first-order valence-electron chi connectivity index (χ1n) is 9.78. The van der Waals surface area contributed by atoms with Crippen LogP contribution in [-0.2, 0) is 42.1 Å². The van der Waals surface area contributed by atoms with Crippen LogP contribution in [0.4, 0.5) is 0 Å². The van der Waals surface area contributed by atoms with E-state index in [0.29, 0.717) is 12.3 Å². The summed E-state index contributed by atoms with van der Waals surface area (Å²) in [7, 11) is -4.11. The van der Waals surface area contributed by atoms with E-state index in [1.54, 1.807) is 27.7 Å². The second kappa shape index (κ2) is 12.5. The first-order valence-corrected chi connectivity index (χ1v) is 12.2. The lowest BCUT2D eigenvalue weighted by atomic mass is 9.87. The Kier molecular flexibility index (Phi) is 11.2. The molecule has 0 spiro atoms. The van der Waals surface area contributed by atoms with Crippen LogP contribution in [0, 0.1) is 11.3 Å². The number of hydrogen-bond acceptors (Lipinski definition) is 10. The summed E-state index contributed by atoms with van der Waals surface area (Å²) in [5, 5.41) is 5.19. The molecule has 1 aliphatic heterocycles. The van der Waals surface area contributed by atoms with Crippen LogP contribution in [0.3, 0.4) is 0 Å². The highest BCUT2D eigenvalue weighted by atomic mass is 32.2. The highest BCUT2D eigenvalue weighted by molar-refractivity contribution is 8.13. The molecule has 178 valence electrons. The van der Waals surface area contributed by atoms with Crippen LogP contribution >= 0.6 is 19.6 Å². The Hall–Kier alpha value is -1.46. The van der Waals surface area contributed by atoms with Gasteiger partial charge in [-0.05, 0) is 0 Å². The van der Waals surface area contributed by atoms with E-state index in [1.807, 2.05) is 0 Å². The Morgan fingerprint density at radius 3 is 2.48 bits per heavy atom. The van der Waals surface area contributed by atoms with Crippen molar-refractivity contribution < 1.29 is 42.1 Å². The Labute approximate surface area is 186 Å². The van der Waals surface area contributed by atoms with Gasteiger partial charge >= 0.3 is 13.8 Å². The first-order chi connectivity index (χ1) is 14.4. The maximum atomic E-state index is 12.6. The molecule has 13 heteroatoms. The van der Waals surface area contributed by atoms with E-state index in [1.165, 1.54) is 6.92 Å². The quantitative estimate of drug-likeness (QED) is 0.193. The molecule has 2 N–H and O–H groups in total. The molecule has 0 aliphatic carbocycles. The van der Waals surface area contributed by atoms with Gasteiger partial charge in [-0.3, -0.25) is 28.2 Å². The number of carbonyl (C=O) groups is 4. The molecule has 1 unspecified atom stereocenters. The van der Waals surface area contributed by atoms with Crippen molar-refractivity contribution in [3.8, 4) is 0 Å². The second-order valence-electron chi connectivity index (χ2n) is 7.79. The van der Waals surface area contributed by atoms with Gasteiger partial charge in [0.1, 0.15) is 0 Å². The van der Waals surface area contributed by atoms with Gasteiger partial charge in [0.2, 0.25) is 18.6 Å². The molecule has 0 bridgehead atoms. The van der Waals surface area contributed by atoms with Gasteiger partial charge in [0.25, 0.3) is 0 Å². The average Bonchev–Trinajstić information content (AvgIpc) is 2.67. The van der Waals surface area contributed by atoms with Crippen LogP contribution in [0.5, 0.6) is 0 Å². The summed E-state index contributed by atoms with van der Waals surface area (Å²) < 4.78 is 32.9. The van der Waals surface area contributed by atoms with Crippen molar-refractivity contribution in [2.75, 3.05) is 32.2 Å². The largest absolute Gasteiger partial charge is 0.478 e. The molecule has 0 aromatic rings. The Bertz CT molecular complexity index is 714. The lowest BCUT2D eigenvalue weighted by Crippen LogP contribution is -2.50. The summed E-state index contributed by atoms with van der Waals surface area (Å²) in [6.07, 6.45) is -1.14. The van der Waals surface area contributed by atoms with Crippen molar-refractivity contribution in [2.45, 2.75) is 47.1 Å². The van der Waals surface area contributed by atoms with Crippen molar-refractivity contribution in [1.29, 1.82) is 0 Å². The third-order valence-corrected chi connectivity index (χ3v) is 6.19. The van der Waals surface area contributed by atoms with Crippen molar-refractivity contribution in [1.82, 2.24) is 10.6 Å². The standard InChI is InChI=1S/C18H31N2O9PS/c1-12(2)17(24)26-11-28-30(25)27-10-18(4,5)15(29-30)16(23)20-7-6-14(22)19-8-9-31-13(3)21/h12,15H,6-11H2,1-5H3,(H,19,22)(H,20,23)/t15-,30?/m0/s1. The molecule has 0 radical (unpaired) electrons. The van der Waals surface area contributed by atoms with E-state index in [0.717, 1.165) is 11.8 Å². The second-order valence-corrected chi connectivity index (χ2v) is 10.7. The number of amides is 2. The van der Waals surface area contributed by atoms with Gasteiger partial charge in [-0.25, -0.2) is 9.09 Å². The molecule has 1 heterocycles. The molecule has 1 fully saturated rings. The zero-order chi connectivity index (χ0) is 23.7. The van der Waals surface area contributed by atoms with Gasteiger partial charge in [0, 0.05) is 37.6 Å². The van der Waals surface area contributed by atoms with Crippen LogP contribution in [0.15, 0.2) is 0 Å². The third kappa shape index (κ3) is 10.1. The zero-order valence-corrected chi connectivity index (χ0v) is 20.1. The fourth-order valence-electron chi connectivity index (χ4n) is 2.27. The molecule has 1 aliphatic rings. The number of carbonyl (C=O) groups excluding carboxylic acids is 4. The maximum absolute atomic E-state index is 12.6. The van der Waals surface area contributed by atoms with Crippen molar-refractivity contribution in [3.63, 3.8) is 0 Å². The Morgan fingerprint density at radius 2 is 1.87 bits per heavy atom. The van der Waals surface area contributed by atoms with E-state index in [9.17, 15) is 23.7 Å². The third-order valence-electron chi connectivity index (χ3n) is 4.04. The molecule has 1 saturated heterocycles. The summed E-state index contributed by atoms with van der Waals surface area (Å²) in [4.78, 5) is 46.6. The average molecular weight is 482 g/mol. The maximum Gasteiger partial charge on any atom is 0.478 e. The van der Waals surface area contributed by atoms with Gasteiger partial charge in [-0.15, -0.1) is 0 Å². The van der Waals surface area contributed by atoms with Crippen LogP contribution in [0.2, 0.25) is 0 Å². The molecule has 1 rings (SSSR count). The summed E-state index contributed by atoms with van der Waals surface area (Å²) >= 11 is 1.11. The van der Waals surface area contributed by atoms with Crippen LogP contribution in [0.1, 0.15) is 41.0 Å². The fourth-order valence-corrected chi connectivity index (χ4v) is 4.27. The first kappa shape index (κ1) is 27.6. The van der Waals surface area contributed by atoms with Gasteiger partial charge in [-0.2, -0.15) is 0 Å². The number of nitrogens with one attached hydrogen (secondary N) is 2. The van der Waals surface area contributed by atoms with Gasteiger partial charge in [0.05, 0.1) is 12.5 Å². The number of rotatable bonds is 11. The van der Waals surface area contributed by atoms with Gasteiger partial charge in [-0.1, -0.05) is 39.5 Å². The predicted molar refractivity (Wildman–Crippen MR) is 113 cm³/mol. The van der Waals surface area contributed by atoms with Crippen LogP contribution < -0.4 is 10.6 Å². The molecule has 11 nitrogen and oxygen atoms in total. The molecule has 0 aromatic carbocycles. The minimum absolute atomic E-state index is 0.0272. The van der Waals surface area contributed by atoms with E-state index in [4.69, 9.17) is 18.3 Å². The number of thioether (sulfide) groups is 1.